The molecule has 98 valence electrons. The fraction of sp³-hybridized carbons (Fsp3) is 0.750. The molecule has 0 radical (unpaired) electrons. The normalized spacial score (nSPS) is 10.0. The summed E-state index contributed by atoms with van der Waals surface area (Å²) in [6.07, 6.45) is 0. The molecule has 0 aliphatic heterocycles. The number of carbonyl (C=O) groups excluding carboxylic acids is 1. The summed E-state index contributed by atoms with van der Waals surface area (Å²) in [5, 5.41) is 0. The molecule has 0 aromatic rings. The van der Waals surface area contributed by atoms with E-state index in [0.717, 1.165) is 0 Å². The van der Waals surface area contributed by atoms with Crippen molar-refractivity contribution in [2.75, 3.05) is 6.61 Å². The number of hydrogen-bond acceptors (Lipinski definition) is 10. The third kappa shape index (κ3) is 36.0. The SMILES string of the molecule is CCOC(C)=O.O=S(=O)([O-])OOS(=O)(=O)[O-].[Na+].[Na+]. The largest absolute Gasteiger partial charge is 1.00 e. The predicted octanol–water partition coefficient (Wildman–Crippen LogP) is -7.57. The van der Waals surface area contributed by atoms with E-state index in [0.29, 0.717) is 6.61 Å². The molecule has 0 atom stereocenters. The molecule has 10 nitrogen and oxygen atoms in total. The molecule has 0 spiro atoms. The Morgan fingerprint density at radius 3 is 1.33 bits per heavy atom. The van der Waals surface area contributed by atoms with Crippen molar-refractivity contribution in [1.82, 2.24) is 0 Å². The van der Waals surface area contributed by atoms with Crippen molar-refractivity contribution < 1.29 is 103 Å². The molecule has 0 amide bonds. The van der Waals surface area contributed by atoms with Crippen LogP contribution in [0.4, 0.5) is 0 Å². The maximum Gasteiger partial charge on any atom is 1.00 e. The van der Waals surface area contributed by atoms with Gasteiger partial charge >= 0.3 is 65.1 Å². The molecule has 14 heteroatoms. The molecule has 0 heterocycles. The van der Waals surface area contributed by atoms with Gasteiger partial charge in [-0.05, 0) is 6.92 Å². The minimum atomic E-state index is -5.31. The van der Waals surface area contributed by atoms with Gasteiger partial charge in [-0.15, -0.1) is 8.67 Å². The third-order valence-electron chi connectivity index (χ3n) is 0.542. The Morgan fingerprint density at radius 1 is 1.00 bits per heavy atom. The van der Waals surface area contributed by atoms with E-state index in [4.69, 9.17) is 0 Å². The van der Waals surface area contributed by atoms with Gasteiger partial charge in [0.2, 0.25) is 20.8 Å². The molecule has 0 aliphatic rings. The molecule has 0 aromatic heterocycles. The van der Waals surface area contributed by atoms with Crippen LogP contribution in [0.1, 0.15) is 13.8 Å². The van der Waals surface area contributed by atoms with E-state index in [1.54, 1.807) is 6.92 Å². The Balaban J connectivity index is -0.000000108. The van der Waals surface area contributed by atoms with Crippen molar-refractivity contribution in [3.8, 4) is 0 Å². The zero-order valence-corrected chi connectivity index (χ0v) is 15.7. The van der Waals surface area contributed by atoms with Crippen LogP contribution in [0.5, 0.6) is 0 Å². The third-order valence-corrected chi connectivity index (χ3v) is 1.10. The van der Waals surface area contributed by atoms with Gasteiger partial charge in [0.1, 0.15) is 0 Å². The summed E-state index contributed by atoms with van der Waals surface area (Å²) in [6, 6.07) is 0. The van der Waals surface area contributed by atoms with Gasteiger partial charge in [-0.3, -0.25) is 4.79 Å². The minimum absolute atomic E-state index is 0. The van der Waals surface area contributed by atoms with E-state index < -0.39 is 20.8 Å². The topological polar surface area (TPSA) is 159 Å². The van der Waals surface area contributed by atoms with E-state index in [9.17, 15) is 30.7 Å². The first-order valence-corrected chi connectivity index (χ1v) is 6.07. The van der Waals surface area contributed by atoms with E-state index >= 15 is 0 Å². The van der Waals surface area contributed by atoms with E-state index in [1.165, 1.54) is 6.92 Å². The van der Waals surface area contributed by atoms with Crippen LogP contribution in [0.3, 0.4) is 0 Å². The number of carbonyl (C=O) groups is 1. The van der Waals surface area contributed by atoms with Crippen LogP contribution in [0.15, 0.2) is 0 Å². The maximum atomic E-state index is 9.82. The zero-order chi connectivity index (χ0) is 13.4. The van der Waals surface area contributed by atoms with Crippen molar-refractivity contribution in [3.05, 3.63) is 0 Å². The fourth-order valence-electron chi connectivity index (χ4n) is 0.271. The van der Waals surface area contributed by atoms with Gasteiger partial charge < -0.3 is 13.8 Å². The van der Waals surface area contributed by atoms with Gasteiger partial charge in [-0.25, -0.2) is 16.8 Å². The zero-order valence-electron chi connectivity index (χ0n) is 10.1. The van der Waals surface area contributed by atoms with E-state index in [-0.39, 0.29) is 65.1 Å². The fourth-order valence-corrected chi connectivity index (χ4v) is 0.816. The van der Waals surface area contributed by atoms with Crippen LogP contribution in [-0.4, -0.2) is 38.5 Å². The van der Waals surface area contributed by atoms with Crippen LogP contribution >= 0.6 is 0 Å². The second kappa shape index (κ2) is 13.2. The molecular weight excluding hydrogens is 318 g/mol. The maximum absolute atomic E-state index is 9.82. The van der Waals surface area contributed by atoms with Crippen LogP contribution in [0.2, 0.25) is 0 Å². The van der Waals surface area contributed by atoms with E-state index in [2.05, 4.69) is 13.4 Å². The number of rotatable bonds is 4. The molecule has 0 aromatic carbocycles. The van der Waals surface area contributed by atoms with Crippen molar-refractivity contribution in [1.29, 1.82) is 0 Å². The van der Waals surface area contributed by atoms with Crippen LogP contribution in [0, 0.1) is 0 Å². The first-order valence-electron chi connectivity index (χ1n) is 3.40. The number of esters is 1. The van der Waals surface area contributed by atoms with Crippen LogP contribution in [-0.2, 0) is 39.0 Å². The van der Waals surface area contributed by atoms with Gasteiger partial charge in [0.05, 0.1) is 6.61 Å². The molecule has 0 rings (SSSR count). The van der Waals surface area contributed by atoms with Gasteiger partial charge in [0.25, 0.3) is 0 Å². The Labute approximate surface area is 149 Å². The molecule has 0 bridgehead atoms. The molecule has 0 unspecified atom stereocenters. The average molecular weight is 326 g/mol. The quantitative estimate of drug-likeness (QED) is 0.121. The number of ether oxygens (including phenoxy) is 1. The Hall–Kier alpha value is 1.21. The Morgan fingerprint density at radius 2 is 1.28 bits per heavy atom. The van der Waals surface area contributed by atoms with Gasteiger partial charge in [0.15, 0.2) is 0 Å². The standard InChI is InChI=1S/C4H8O2.2Na.H2O8S2/c1-3-6-4(2)5;;;1-9(2,3)7-8-10(4,5)6/h3H2,1-2H3;;;(H,1,2,3)(H,4,5,6)/q;2*+1;/p-2. The molecule has 0 aliphatic carbocycles. The van der Waals surface area contributed by atoms with Gasteiger partial charge in [-0.1, -0.05) is 0 Å². The predicted molar refractivity (Wildman–Crippen MR) is 43.9 cm³/mol. The van der Waals surface area contributed by atoms with Gasteiger partial charge in [-0.2, -0.15) is 0 Å². The first-order chi connectivity index (χ1) is 6.98. The molecule has 0 fully saturated rings. The smallest absolute Gasteiger partial charge is 0.724 e. The minimum Gasteiger partial charge on any atom is -0.724 e. The molecule has 18 heavy (non-hydrogen) atoms. The summed E-state index contributed by atoms with van der Waals surface area (Å²) < 4.78 is 65.9. The molecule has 0 saturated heterocycles. The molecule has 0 N–H and O–H groups in total. The summed E-state index contributed by atoms with van der Waals surface area (Å²) >= 11 is 0. The van der Waals surface area contributed by atoms with E-state index in [1.807, 2.05) is 0 Å². The van der Waals surface area contributed by atoms with Crippen LogP contribution in [0.25, 0.3) is 0 Å². The second-order valence-corrected chi connectivity index (χ2v) is 3.78. The summed E-state index contributed by atoms with van der Waals surface area (Å²) in [5.74, 6) is -0.211. The monoisotopic (exact) mass is 326 g/mol. The van der Waals surface area contributed by atoms with Crippen molar-refractivity contribution in [2.24, 2.45) is 0 Å². The summed E-state index contributed by atoms with van der Waals surface area (Å²) in [7, 11) is -10.6. The molecule has 0 saturated carbocycles. The van der Waals surface area contributed by atoms with Gasteiger partial charge in [0, 0.05) is 6.92 Å². The van der Waals surface area contributed by atoms with Crippen LogP contribution < -0.4 is 59.1 Å². The summed E-state index contributed by atoms with van der Waals surface area (Å²) in [5.41, 5.74) is 0. The van der Waals surface area contributed by atoms with Crippen molar-refractivity contribution >= 4 is 26.8 Å². The summed E-state index contributed by atoms with van der Waals surface area (Å²) in [4.78, 5) is 9.82. The molecular formula is C4H8Na2O10S2. The summed E-state index contributed by atoms with van der Waals surface area (Å²) in [6.45, 7) is 3.65. The number of hydrogen-bond donors (Lipinski definition) is 0. The Bertz CT molecular complexity index is 368. The first kappa shape index (κ1) is 27.5. The van der Waals surface area contributed by atoms with Crippen molar-refractivity contribution in [3.63, 3.8) is 0 Å². The second-order valence-electron chi connectivity index (χ2n) is 1.88. The average Bonchev–Trinajstić information content (AvgIpc) is 1.99. The van der Waals surface area contributed by atoms with Crippen molar-refractivity contribution in [2.45, 2.75) is 13.8 Å². The Kier molecular flexibility index (Phi) is 20.2.